The Morgan fingerprint density at radius 3 is 2.45 bits per heavy atom. The minimum Gasteiger partial charge on any atom is -0.246 e. The largest absolute Gasteiger partial charge is 0.246 e. The van der Waals surface area contributed by atoms with Crippen LogP contribution in [0.5, 0.6) is 0 Å². The van der Waals surface area contributed by atoms with Gasteiger partial charge < -0.3 is 0 Å². The zero-order valence-electron chi connectivity index (χ0n) is 12.8. The van der Waals surface area contributed by atoms with E-state index in [1.54, 1.807) is 12.2 Å². The molecule has 0 aliphatic rings. The highest BCUT2D eigenvalue weighted by atomic mass is 19.1. The molecule has 0 aromatic heterocycles. The average molecular weight is 280 g/mol. The van der Waals surface area contributed by atoms with Crippen molar-refractivity contribution in [3.63, 3.8) is 0 Å². The van der Waals surface area contributed by atoms with Crippen LogP contribution in [-0.4, -0.2) is 6.67 Å². The van der Waals surface area contributed by atoms with Gasteiger partial charge in [-0.05, 0) is 48.3 Å². The number of rotatable bonds is 9. The van der Waals surface area contributed by atoms with Gasteiger partial charge >= 0.3 is 0 Å². The Morgan fingerprint density at radius 2 is 2.00 bits per heavy atom. The fourth-order valence-corrected chi connectivity index (χ4v) is 2.25. The second kappa shape index (κ2) is 10.4. The lowest BCUT2D eigenvalue weighted by Gasteiger charge is -2.24. The van der Waals surface area contributed by atoms with Gasteiger partial charge in [0.15, 0.2) is 0 Å². The smallest absolute Gasteiger partial charge is 0.125 e. The van der Waals surface area contributed by atoms with Crippen LogP contribution >= 0.6 is 0 Å². The molecule has 0 saturated heterocycles. The second-order valence-electron chi connectivity index (χ2n) is 5.11. The van der Waals surface area contributed by atoms with Crippen LogP contribution in [0.1, 0.15) is 33.6 Å². The SMILES string of the molecule is C=C=CC(C)C(C)CC(CC)C(=C/C=C)/C(F)=C\CF. The number of alkyl halides is 1. The number of hydrogen-bond donors (Lipinski definition) is 0. The standard InChI is InChI=1S/C18H26F2/c1-6-9-14(4)15(5)13-16(8-3)17(10-7-2)18(20)11-12-19/h7,9-11,14-16H,1-2,8,12-13H2,3-5H3/b17-10-,18-11+. The minimum atomic E-state index is -0.790. The normalized spacial score (nSPS) is 17.1. The lowest BCUT2D eigenvalue weighted by atomic mass is 9.81. The summed E-state index contributed by atoms with van der Waals surface area (Å²) < 4.78 is 26.3. The molecule has 0 nitrogen and oxygen atoms in total. The summed E-state index contributed by atoms with van der Waals surface area (Å²) in [6.45, 7) is 12.7. The quantitative estimate of drug-likeness (QED) is 0.361. The van der Waals surface area contributed by atoms with Crippen LogP contribution < -0.4 is 0 Å². The molecule has 2 heteroatoms. The highest BCUT2D eigenvalue weighted by molar-refractivity contribution is 5.31. The first-order chi connectivity index (χ1) is 9.51. The molecule has 0 bridgehead atoms. The van der Waals surface area contributed by atoms with E-state index < -0.39 is 12.5 Å². The Morgan fingerprint density at radius 1 is 1.35 bits per heavy atom. The van der Waals surface area contributed by atoms with Crippen molar-refractivity contribution in [1.29, 1.82) is 0 Å². The molecule has 0 heterocycles. The summed E-state index contributed by atoms with van der Waals surface area (Å²) in [6.07, 6.45) is 7.76. The molecule has 0 N–H and O–H groups in total. The van der Waals surface area contributed by atoms with Crippen molar-refractivity contribution < 1.29 is 8.78 Å². The lowest BCUT2D eigenvalue weighted by molar-refractivity contribution is 0.356. The van der Waals surface area contributed by atoms with Gasteiger partial charge in [0.2, 0.25) is 0 Å². The summed E-state index contributed by atoms with van der Waals surface area (Å²) >= 11 is 0. The maximum atomic E-state index is 14.0. The van der Waals surface area contributed by atoms with Crippen LogP contribution in [0, 0.1) is 17.8 Å². The average Bonchev–Trinajstić information content (AvgIpc) is 2.42. The number of halogens is 2. The van der Waals surface area contributed by atoms with Gasteiger partial charge in [0, 0.05) is 0 Å². The Bertz CT molecular complexity index is 398. The van der Waals surface area contributed by atoms with Crippen molar-refractivity contribution in [3.8, 4) is 0 Å². The maximum Gasteiger partial charge on any atom is 0.125 e. The van der Waals surface area contributed by atoms with Crippen LogP contribution in [0.25, 0.3) is 0 Å². The topological polar surface area (TPSA) is 0 Å². The molecule has 0 amide bonds. The van der Waals surface area contributed by atoms with E-state index in [2.05, 4.69) is 32.7 Å². The fourth-order valence-electron chi connectivity index (χ4n) is 2.25. The molecule has 0 spiro atoms. The molecule has 0 aromatic carbocycles. The van der Waals surface area contributed by atoms with Crippen LogP contribution in [-0.2, 0) is 0 Å². The highest BCUT2D eigenvalue weighted by Gasteiger charge is 2.21. The van der Waals surface area contributed by atoms with Crippen LogP contribution in [0.4, 0.5) is 8.78 Å². The number of allylic oxidation sites excluding steroid dienone is 6. The maximum absolute atomic E-state index is 14.0. The summed E-state index contributed by atoms with van der Waals surface area (Å²) in [5.74, 6) is 0.296. The van der Waals surface area contributed by atoms with E-state index in [0.29, 0.717) is 17.4 Å². The van der Waals surface area contributed by atoms with Gasteiger partial charge in [-0.15, -0.1) is 5.73 Å². The zero-order chi connectivity index (χ0) is 15.5. The monoisotopic (exact) mass is 280 g/mol. The molecule has 3 unspecified atom stereocenters. The van der Waals surface area contributed by atoms with Crippen molar-refractivity contribution in [2.75, 3.05) is 6.67 Å². The van der Waals surface area contributed by atoms with Crippen molar-refractivity contribution in [1.82, 2.24) is 0 Å². The van der Waals surface area contributed by atoms with Crippen molar-refractivity contribution in [3.05, 3.63) is 54.6 Å². The summed E-state index contributed by atoms with van der Waals surface area (Å²) in [5, 5.41) is 0. The van der Waals surface area contributed by atoms with Crippen molar-refractivity contribution in [2.24, 2.45) is 17.8 Å². The Labute approximate surface area is 122 Å². The molecule has 0 aliphatic carbocycles. The van der Waals surface area contributed by atoms with E-state index in [4.69, 9.17) is 0 Å². The van der Waals surface area contributed by atoms with Gasteiger partial charge in [0.1, 0.15) is 12.5 Å². The summed E-state index contributed by atoms with van der Waals surface area (Å²) in [7, 11) is 0. The summed E-state index contributed by atoms with van der Waals surface area (Å²) in [6, 6.07) is 0. The molecule has 0 rings (SSSR count). The van der Waals surface area contributed by atoms with Gasteiger partial charge in [-0.2, -0.15) is 0 Å². The van der Waals surface area contributed by atoms with E-state index in [0.717, 1.165) is 18.9 Å². The van der Waals surface area contributed by atoms with Crippen molar-refractivity contribution in [2.45, 2.75) is 33.6 Å². The predicted molar refractivity (Wildman–Crippen MR) is 83.9 cm³/mol. The third kappa shape index (κ3) is 6.16. The first-order valence-electron chi connectivity index (χ1n) is 7.12. The third-order valence-electron chi connectivity index (χ3n) is 3.70. The van der Waals surface area contributed by atoms with Crippen LogP contribution in [0.3, 0.4) is 0 Å². The third-order valence-corrected chi connectivity index (χ3v) is 3.70. The molecule has 0 fully saturated rings. The number of hydrogen-bond acceptors (Lipinski definition) is 0. The highest BCUT2D eigenvalue weighted by Crippen LogP contribution is 2.32. The molecule has 0 aromatic rings. The van der Waals surface area contributed by atoms with E-state index in [1.165, 1.54) is 0 Å². The van der Waals surface area contributed by atoms with Gasteiger partial charge in [0.25, 0.3) is 0 Å². The summed E-state index contributed by atoms with van der Waals surface area (Å²) in [5.41, 5.74) is 3.34. The van der Waals surface area contributed by atoms with Gasteiger partial charge in [0.05, 0.1) is 0 Å². The van der Waals surface area contributed by atoms with E-state index in [-0.39, 0.29) is 5.92 Å². The zero-order valence-corrected chi connectivity index (χ0v) is 12.8. The van der Waals surface area contributed by atoms with E-state index in [1.807, 2.05) is 13.0 Å². The second-order valence-corrected chi connectivity index (χ2v) is 5.11. The molecule has 112 valence electrons. The fraction of sp³-hybridized carbons (Fsp3) is 0.500. The van der Waals surface area contributed by atoms with Gasteiger partial charge in [-0.25, -0.2) is 8.78 Å². The Hall–Kier alpha value is -1.40. The summed E-state index contributed by atoms with van der Waals surface area (Å²) in [4.78, 5) is 0. The minimum absolute atomic E-state index is 0.0615. The molecular weight excluding hydrogens is 254 g/mol. The Balaban J connectivity index is 5.11. The van der Waals surface area contributed by atoms with E-state index >= 15 is 0 Å². The van der Waals surface area contributed by atoms with E-state index in [9.17, 15) is 8.78 Å². The van der Waals surface area contributed by atoms with Gasteiger partial charge in [-0.3, -0.25) is 0 Å². The predicted octanol–water partition coefficient (Wildman–Crippen LogP) is 5.95. The molecule has 20 heavy (non-hydrogen) atoms. The van der Waals surface area contributed by atoms with Crippen molar-refractivity contribution >= 4 is 0 Å². The first kappa shape index (κ1) is 18.6. The first-order valence-corrected chi connectivity index (χ1v) is 7.12. The van der Waals surface area contributed by atoms with Gasteiger partial charge in [-0.1, -0.05) is 46.1 Å². The molecule has 0 radical (unpaired) electrons. The molecule has 0 saturated carbocycles. The Kier molecular flexibility index (Phi) is 9.67. The lowest BCUT2D eigenvalue weighted by Crippen LogP contribution is -2.14. The molecule has 0 aliphatic heterocycles. The molecular formula is C18H26F2. The van der Waals surface area contributed by atoms with Crippen LogP contribution in [0.15, 0.2) is 54.6 Å². The molecule has 3 atom stereocenters. The van der Waals surface area contributed by atoms with Crippen LogP contribution in [0.2, 0.25) is 0 Å².